The van der Waals surface area contributed by atoms with E-state index in [2.05, 4.69) is 0 Å². The second kappa shape index (κ2) is 8.99. The van der Waals surface area contributed by atoms with Gasteiger partial charge in [0.05, 0.1) is 5.92 Å². The Balaban J connectivity index is 2.59. The molecule has 0 fully saturated rings. The number of benzene rings is 1. The van der Waals surface area contributed by atoms with Crippen LogP contribution in [0.2, 0.25) is 0 Å². The molecular formula is C15H20FNO5. The summed E-state index contributed by atoms with van der Waals surface area (Å²) in [5.41, 5.74) is 6.17. The number of halogens is 1. The normalized spacial score (nSPS) is 13.4. The van der Waals surface area contributed by atoms with Crippen LogP contribution in [0.1, 0.15) is 18.4 Å². The number of hydrogen-bond acceptors (Lipinski definition) is 4. The number of nitrogens with two attached hydrogens (primary N) is 1. The molecule has 0 radical (unpaired) electrons. The molecule has 0 amide bonds. The predicted octanol–water partition coefficient (Wildman–Crippen LogP) is 1.47. The number of rotatable bonds is 10. The van der Waals surface area contributed by atoms with Crippen LogP contribution in [0, 0.1) is 5.92 Å². The number of ether oxygens (including phenoxy) is 1. The molecule has 4 N–H and O–H groups in total. The molecule has 0 aliphatic carbocycles. The number of carbonyl (C=O) groups is 2. The van der Waals surface area contributed by atoms with Crippen LogP contribution < -0.4 is 10.5 Å². The smallest absolute Gasteiger partial charge is 0.320 e. The van der Waals surface area contributed by atoms with Crippen molar-refractivity contribution >= 4 is 11.9 Å². The molecule has 0 aliphatic heterocycles. The van der Waals surface area contributed by atoms with Crippen molar-refractivity contribution in [3.05, 3.63) is 29.8 Å². The molecular weight excluding hydrogens is 293 g/mol. The third-order valence-corrected chi connectivity index (χ3v) is 3.24. The lowest BCUT2D eigenvalue weighted by Crippen LogP contribution is -2.31. The maximum atomic E-state index is 12.0. The maximum absolute atomic E-state index is 12.0. The van der Waals surface area contributed by atoms with Gasteiger partial charge in [0.1, 0.15) is 25.1 Å². The lowest BCUT2D eigenvalue weighted by atomic mass is 9.93. The van der Waals surface area contributed by atoms with Gasteiger partial charge in [-0.15, -0.1) is 0 Å². The van der Waals surface area contributed by atoms with Gasteiger partial charge in [0.15, 0.2) is 0 Å². The van der Waals surface area contributed by atoms with Gasteiger partial charge in [-0.2, -0.15) is 0 Å². The van der Waals surface area contributed by atoms with Crippen molar-refractivity contribution in [2.45, 2.75) is 25.3 Å². The molecule has 0 saturated heterocycles. The Morgan fingerprint density at radius 3 is 2.27 bits per heavy atom. The van der Waals surface area contributed by atoms with Crippen LogP contribution in [-0.4, -0.2) is 41.5 Å². The molecule has 0 bridgehead atoms. The van der Waals surface area contributed by atoms with Crippen LogP contribution in [0.3, 0.4) is 0 Å². The zero-order chi connectivity index (χ0) is 16.5. The highest BCUT2D eigenvalue weighted by Gasteiger charge is 2.21. The molecule has 0 spiro atoms. The first kappa shape index (κ1) is 17.9. The minimum Gasteiger partial charge on any atom is -0.491 e. The van der Waals surface area contributed by atoms with E-state index in [1.165, 1.54) is 0 Å². The van der Waals surface area contributed by atoms with Crippen molar-refractivity contribution in [2.24, 2.45) is 11.7 Å². The zero-order valence-corrected chi connectivity index (χ0v) is 12.1. The topological polar surface area (TPSA) is 110 Å². The molecule has 1 aromatic rings. The summed E-state index contributed by atoms with van der Waals surface area (Å²) in [6.07, 6.45) is 0.554. The summed E-state index contributed by atoms with van der Waals surface area (Å²) in [4.78, 5) is 21.9. The van der Waals surface area contributed by atoms with E-state index in [-0.39, 0.29) is 25.9 Å². The summed E-state index contributed by atoms with van der Waals surface area (Å²) < 4.78 is 17.1. The monoisotopic (exact) mass is 313 g/mol. The Morgan fingerprint density at radius 2 is 1.77 bits per heavy atom. The average molecular weight is 313 g/mol. The minimum atomic E-state index is -1.14. The molecule has 122 valence electrons. The SMILES string of the molecule is NC(CCC(Cc1ccc(OCCF)cc1)C(=O)O)C(=O)O. The fourth-order valence-corrected chi connectivity index (χ4v) is 1.98. The highest BCUT2D eigenvalue weighted by atomic mass is 19.1. The predicted molar refractivity (Wildman–Crippen MR) is 77.6 cm³/mol. The van der Waals surface area contributed by atoms with Gasteiger partial charge in [-0.05, 0) is 37.0 Å². The van der Waals surface area contributed by atoms with Gasteiger partial charge in [0, 0.05) is 0 Å². The molecule has 1 rings (SSSR count). The lowest BCUT2D eigenvalue weighted by Gasteiger charge is -2.14. The molecule has 22 heavy (non-hydrogen) atoms. The van der Waals surface area contributed by atoms with Gasteiger partial charge >= 0.3 is 11.9 Å². The summed E-state index contributed by atoms with van der Waals surface area (Å²) in [6.45, 7) is -0.600. The Morgan fingerprint density at radius 1 is 1.14 bits per heavy atom. The third kappa shape index (κ3) is 6.09. The molecule has 1 aromatic carbocycles. The Hall–Kier alpha value is -2.15. The molecule has 0 aliphatic rings. The highest BCUT2D eigenvalue weighted by molar-refractivity contribution is 5.73. The molecule has 7 heteroatoms. The van der Waals surface area contributed by atoms with Crippen LogP contribution in [0.4, 0.5) is 4.39 Å². The molecule has 2 unspecified atom stereocenters. The molecule has 0 saturated carbocycles. The summed E-state index contributed by atoms with van der Waals surface area (Å²) in [6, 6.07) is 5.65. The van der Waals surface area contributed by atoms with Gasteiger partial charge < -0.3 is 20.7 Å². The minimum absolute atomic E-state index is 0.0236. The number of alkyl halides is 1. The third-order valence-electron chi connectivity index (χ3n) is 3.24. The van der Waals surface area contributed by atoms with Crippen LogP contribution in [0.25, 0.3) is 0 Å². The summed E-state index contributed by atoms with van der Waals surface area (Å²) in [5.74, 6) is -2.32. The summed E-state index contributed by atoms with van der Waals surface area (Å²) in [7, 11) is 0. The highest BCUT2D eigenvalue weighted by Crippen LogP contribution is 2.18. The quantitative estimate of drug-likeness (QED) is 0.603. The first-order chi connectivity index (χ1) is 10.4. The van der Waals surface area contributed by atoms with Crippen LogP contribution in [0.15, 0.2) is 24.3 Å². The molecule has 6 nitrogen and oxygen atoms in total. The van der Waals surface area contributed by atoms with Crippen molar-refractivity contribution in [2.75, 3.05) is 13.3 Å². The van der Waals surface area contributed by atoms with Gasteiger partial charge in [-0.3, -0.25) is 9.59 Å². The Bertz CT molecular complexity index is 491. The summed E-state index contributed by atoms with van der Waals surface area (Å²) in [5, 5.41) is 17.9. The average Bonchev–Trinajstić information content (AvgIpc) is 2.49. The van der Waals surface area contributed by atoms with E-state index in [1.54, 1.807) is 24.3 Å². The van der Waals surface area contributed by atoms with Crippen LogP contribution in [0.5, 0.6) is 5.75 Å². The van der Waals surface area contributed by atoms with Crippen LogP contribution >= 0.6 is 0 Å². The van der Waals surface area contributed by atoms with Crippen molar-refractivity contribution in [3.63, 3.8) is 0 Å². The molecule has 2 atom stereocenters. The lowest BCUT2D eigenvalue weighted by molar-refractivity contribution is -0.143. The van der Waals surface area contributed by atoms with E-state index >= 15 is 0 Å². The largest absolute Gasteiger partial charge is 0.491 e. The Labute approximate surface area is 127 Å². The van der Waals surface area contributed by atoms with Crippen molar-refractivity contribution in [1.29, 1.82) is 0 Å². The van der Waals surface area contributed by atoms with E-state index in [0.717, 1.165) is 5.56 Å². The van der Waals surface area contributed by atoms with Gasteiger partial charge in [-0.25, -0.2) is 4.39 Å². The summed E-state index contributed by atoms with van der Waals surface area (Å²) >= 11 is 0. The fraction of sp³-hybridized carbons (Fsp3) is 0.467. The van der Waals surface area contributed by atoms with Crippen molar-refractivity contribution < 1.29 is 28.9 Å². The van der Waals surface area contributed by atoms with E-state index in [1.807, 2.05) is 0 Å². The van der Waals surface area contributed by atoms with Gasteiger partial charge in [-0.1, -0.05) is 12.1 Å². The van der Waals surface area contributed by atoms with Crippen molar-refractivity contribution in [3.8, 4) is 5.75 Å². The number of aliphatic carboxylic acids is 2. The van der Waals surface area contributed by atoms with Gasteiger partial charge in [0.25, 0.3) is 0 Å². The number of hydrogen-bond donors (Lipinski definition) is 3. The number of carboxylic acid groups (broad SMARTS) is 2. The van der Waals surface area contributed by atoms with E-state index < -0.39 is 30.6 Å². The van der Waals surface area contributed by atoms with E-state index in [9.17, 15) is 19.1 Å². The Kier molecular flexibility index (Phi) is 7.31. The fourth-order valence-electron chi connectivity index (χ4n) is 1.98. The van der Waals surface area contributed by atoms with Gasteiger partial charge in [0.2, 0.25) is 0 Å². The zero-order valence-electron chi connectivity index (χ0n) is 12.1. The van der Waals surface area contributed by atoms with E-state index in [4.69, 9.17) is 15.6 Å². The second-order valence-corrected chi connectivity index (χ2v) is 4.94. The van der Waals surface area contributed by atoms with E-state index in [0.29, 0.717) is 5.75 Å². The second-order valence-electron chi connectivity index (χ2n) is 4.94. The van der Waals surface area contributed by atoms with Crippen LogP contribution in [-0.2, 0) is 16.0 Å². The first-order valence-corrected chi connectivity index (χ1v) is 6.93. The molecule has 0 aromatic heterocycles. The standard InChI is InChI=1S/C15H20FNO5/c16-7-8-22-12-4-1-10(2-5-12)9-11(14(18)19)3-6-13(17)15(20)21/h1-2,4-5,11,13H,3,6-9,17H2,(H,18,19)(H,20,21). The number of carboxylic acids is 2. The molecule has 0 heterocycles. The van der Waals surface area contributed by atoms with Crippen molar-refractivity contribution in [1.82, 2.24) is 0 Å². The first-order valence-electron chi connectivity index (χ1n) is 6.93. The maximum Gasteiger partial charge on any atom is 0.320 e.